The first-order valence-electron chi connectivity index (χ1n) is 6.65. The van der Waals surface area contributed by atoms with Gasteiger partial charge < -0.3 is 0 Å². The smallest absolute Gasteiger partial charge is 0.0247 e. The summed E-state index contributed by atoms with van der Waals surface area (Å²) in [6, 6.07) is 0.462. The standard InChI is InChI=1S/C14H28N2/c1-14(2,3)10-9-13(16-15)11-12-7-5-4-6-8-12/h7,13,16H,4-6,8-11,15H2,1-3H3. The highest BCUT2D eigenvalue weighted by molar-refractivity contribution is 5.06. The fraction of sp³-hybridized carbons (Fsp3) is 0.857. The molecular formula is C14H28N2. The Morgan fingerprint density at radius 3 is 2.62 bits per heavy atom. The number of hydrazine groups is 1. The van der Waals surface area contributed by atoms with E-state index in [1.165, 1.54) is 38.5 Å². The number of nitrogens with one attached hydrogen (secondary N) is 1. The second kappa shape index (κ2) is 6.41. The molecule has 0 aromatic rings. The van der Waals surface area contributed by atoms with Crippen LogP contribution in [0.25, 0.3) is 0 Å². The van der Waals surface area contributed by atoms with Gasteiger partial charge in [-0.1, -0.05) is 32.4 Å². The Labute approximate surface area is 101 Å². The molecule has 0 saturated heterocycles. The Morgan fingerprint density at radius 1 is 1.38 bits per heavy atom. The van der Waals surface area contributed by atoms with Crippen molar-refractivity contribution in [1.82, 2.24) is 5.43 Å². The van der Waals surface area contributed by atoms with Gasteiger partial charge in [-0.3, -0.25) is 11.3 Å². The minimum absolute atomic E-state index is 0.413. The second-order valence-electron chi connectivity index (χ2n) is 6.28. The molecule has 1 aliphatic carbocycles. The molecule has 94 valence electrons. The number of rotatable bonds is 5. The third kappa shape index (κ3) is 5.66. The van der Waals surface area contributed by atoms with Gasteiger partial charge in [-0.2, -0.15) is 0 Å². The maximum absolute atomic E-state index is 5.64. The number of hydrogen-bond donors (Lipinski definition) is 2. The molecule has 2 nitrogen and oxygen atoms in total. The third-order valence-electron chi connectivity index (χ3n) is 3.37. The molecular weight excluding hydrogens is 196 g/mol. The Hall–Kier alpha value is -0.340. The molecule has 0 amide bonds. The maximum Gasteiger partial charge on any atom is 0.0247 e. The van der Waals surface area contributed by atoms with Crippen LogP contribution in [-0.2, 0) is 0 Å². The molecule has 0 spiro atoms. The van der Waals surface area contributed by atoms with E-state index in [1.807, 2.05) is 0 Å². The predicted octanol–water partition coefficient (Wildman–Crippen LogP) is 3.54. The van der Waals surface area contributed by atoms with E-state index in [0.29, 0.717) is 11.5 Å². The van der Waals surface area contributed by atoms with Crippen LogP contribution < -0.4 is 11.3 Å². The summed E-state index contributed by atoms with van der Waals surface area (Å²) in [6.45, 7) is 6.88. The molecule has 16 heavy (non-hydrogen) atoms. The lowest BCUT2D eigenvalue weighted by molar-refractivity contribution is 0.328. The van der Waals surface area contributed by atoms with Crippen molar-refractivity contribution in [3.63, 3.8) is 0 Å². The average molecular weight is 224 g/mol. The van der Waals surface area contributed by atoms with Gasteiger partial charge in [-0.05, 0) is 50.4 Å². The van der Waals surface area contributed by atoms with E-state index in [0.717, 1.165) is 6.42 Å². The Kier molecular flexibility index (Phi) is 5.50. The number of nitrogens with two attached hydrogens (primary N) is 1. The molecule has 1 rings (SSSR count). The summed E-state index contributed by atoms with van der Waals surface area (Å²) < 4.78 is 0. The molecule has 1 atom stereocenters. The van der Waals surface area contributed by atoms with Gasteiger partial charge in [-0.25, -0.2) is 0 Å². The molecule has 0 heterocycles. The fourth-order valence-electron chi connectivity index (χ4n) is 2.26. The first-order chi connectivity index (χ1) is 7.51. The Balaban J connectivity index is 2.33. The summed E-state index contributed by atoms with van der Waals surface area (Å²) >= 11 is 0. The van der Waals surface area contributed by atoms with Gasteiger partial charge in [0.2, 0.25) is 0 Å². The lowest BCUT2D eigenvalue weighted by Gasteiger charge is -2.24. The van der Waals surface area contributed by atoms with Crippen molar-refractivity contribution in [3.05, 3.63) is 11.6 Å². The highest BCUT2D eigenvalue weighted by atomic mass is 15.2. The van der Waals surface area contributed by atoms with Crippen LogP contribution in [0.1, 0.15) is 65.7 Å². The van der Waals surface area contributed by atoms with Gasteiger partial charge in [0.1, 0.15) is 0 Å². The van der Waals surface area contributed by atoms with Gasteiger partial charge in [-0.15, -0.1) is 0 Å². The molecule has 0 aromatic carbocycles. The fourth-order valence-corrected chi connectivity index (χ4v) is 2.26. The van der Waals surface area contributed by atoms with E-state index in [2.05, 4.69) is 32.3 Å². The van der Waals surface area contributed by atoms with Crippen molar-refractivity contribution in [3.8, 4) is 0 Å². The topological polar surface area (TPSA) is 38.0 Å². The normalized spacial score (nSPS) is 19.4. The quantitative estimate of drug-likeness (QED) is 0.426. The molecule has 0 saturated carbocycles. The van der Waals surface area contributed by atoms with E-state index in [-0.39, 0.29) is 0 Å². The van der Waals surface area contributed by atoms with Crippen LogP contribution in [0, 0.1) is 5.41 Å². The third-order valence-corrected chi connectivity index (χ3v) is 3.37. The van der Waals surface area contributed by atoms with Crippen LogP contribution >= 0.6 is 0 Å². The highest BCUT2D eigenvalue weighted by Crippen LogP contribution is 2.26. The van der Waals surface area contributed by atoms with Gasteiger partial charge in [0.05, 0.1) is 0 Å². The number of hydrogen-bond acceptors (Lipinski definition) is 2. The summed E-state index contributed by atoms with van der Waals surface area (Å²) in [6.07, 6.45) is 11.3. The van der Waals surface area contributed by atoms with Gasteiger partial charge in [0.15, 0.2) is 0 Å². The predicted molar refractivity (Wildman–Crippen MR) is 71.0 cm³/mol. The van der Waals surface area contributed by atoms with Crippen molar-refractivity contribution in [1.29, 1.82) is 0 Å². The number of allylic oxidation sites excluding steroid dienone is 1. The zero-order valence-corrected chi connectivity index (χ0v) is 11.2. The average Bonchev–Trinajstić information content (AvgIpc) is 2.24. The summed E-state index contributed by atoms with van der Waals surface area (Å²) in [5.74, 6) is 5.64. The minimum Gasteiger partial charge on any atom is -0.271 e. The van der Waals surface area contributed by atoms with Gasteiger partial charge in [0, 0.05) is 6.04 Å². The van der Waals surface area contributed by atoms with Crippen molar-refractivity contribution >= 4 is 0 Å². The molecule has 1 unspecified atom stereocenters. The minimum atomic E-state index is 0.413. The maximum atomic E-state index is 5.64. The molecule has 0 bridgehead atoms. The van der Waals surface area contributed by atoms with Crippen molar-refractivity contribution in [2.75, 3.05) is 0 Å². The van der Waals surface area contributed by atoms with Crippen LogP contribution in [0.2, 0.25) is 0 Å². The highest BCUT2D eigenvalue weighted by Gasteiger charge is 2.16. The molecule has 0 aromatic heterocycles. The summed E-state index contributed by atoms with van der Waals surface area (Å²) in [5, 5.41) is 0. The zero-order chi connectivity index (χ0) is 12.0. The summed E-state index contributed by atoms with van der Waals surface area (Å²) in [4.78, 5) is 0. The largest absolute Gasteiger partial charge is 0.271 e. The zero-order valence-electron chi connectivity index (χ0n) is 11.2. The second-order valence-corrected chi connectivity index (χ2v) is 6.28. The first-order valence-corrected chi connectivity index (χ1v) is 6.65. The lowest BCUT2D eigenvalue weighted by atomic mass is 9.86. The van der Waals surface area contributed by atoms with E-state index < -0.39 is 0 Å². The molecule has 0 fully saturated rings. The molecule has 3 N–H and O–H groups in total. The summed E-state index contributed by atoms with van der Waals surface area (Å²) in [7, 11) is 0. The van der Waals surface area contributed by atoms with Crippen molar-refractivity contribution < 1.29 is 0 Å². The first kappa shape index (κ1) is 13.7. The SMILES string of the molecule is CC(C)(C)CCC(CC1=CCCCC1)NN. The van der Waals surface area contributed by atoms with Crippen LogP contribution in [-0.4, -0.2) is 6.04 Å². The molecule has 1 aliphatic rings. The van der Waals surface area contributed by atoms with Crippen molar-refractivity contribution in [2.24, 2.45) is 11.3 Å². The van der Waals surface area contributed by atoms with Crippen LogP contribution in [0.3, 0.4) is 0 Å². The molecule has 0 aliphatic heterocycles. The van der Waals surface area contributed by atoms with E-state index in [9.17, 15) is 0 Å². The van der Waals surface area contributed by atoms with E-state index in [1.54, 1.807) is 5.57 Å². The van der Waals surface area contributed by atoms with Gasteiger partial charge in [0.25, 0.3) is 0 Å². The van der Waals surface area contributed by atoms with Crippen LogP contribution in [0.5, 0.6) is 0 Å². The van der Waals surface area contributed by atoms with E-state index >= 15 is 0 Å². The van der Waals surface area contributed by atoms with E-state index in [4.69, 9.17) is 5.84 Å². The summed E-state index contributed by atoms with van der Waals surface area (Å²) in [5.41, 5.74) is 5.01. The van der Waals surface area contributed by atoms with Crippen LogP contribution in [0.4, 0.5) is 0 Å². The van der Waals surface area contributed by atoms with Crippen molar-refractivity contribution in [2.45, 2.75) is 71.8 Å². The van der Waals surface area contributed by atoms with Gasteiger partial charge >= 0.3 is 0 Å². The van der Waals surface area contributed by atoms with Crippen LogP contribution in [0.15, 0.2) is 11.6 Å². The lowest BCUT2D eigenvalue weighted by Crippen LogP contribution is -2.36. The Morgan fingerprint density at radius 2 is 2.12 bits per heavy atom. The molecule has 2 heteroatoms. The molecule has 0 radical (unpaired) electrons. The Bertz CT molecular complexity index is 225. The monoisotopic (exact) mass is 224 g/mol.